The first kappa shape index (κ1) is 18.1. The molecule has 0 aliphatic heterocycles. The third kappa shape index (κ3) is 4.61. The highest BCUT2D eigenvalue weighted by molar-refractivity contribution is 6.39. The summed E-state index contributed by atoms with van der Waals surface area (Å²) >= 11 is 11.9. The average molecular weight is 358 g/mol. The molecule has 0 bridgehead atoms. The Morgan fingerprint density at radius 2 is 1.87 bits per heavy atom. The Balaban J connectivity index is 1.88. The fraction of sp³-hybridized carbons (Fsp3) is 0.529. The Morgan fingerprint density at radius 1 is 1.22 bits per heavy atom. The van der Waals surface area contributed by atoms with E-state index >= 15 is 0 Å². The second-order valence-corrected chi connectivity index (χ2v) is 6.93. The van der Waals surface area contributed by atoms with Crippen molar-refractivity contribution in [3.05, 3.63) is 33.8 Å². The Bertz CT molecular complexity index is 571. The first-order valence-corrected chi connectivity index (χ1v) is 8.56. The van der Waals surface area contributed by atoms with E-state index in [2.05, 4.69) is 19.2 Å². The molecule has 126 valence electrons. The number of halogens is 2. The highest BCUT2D eigenvalue weighted by atomic mass is 35.5. The summed E-state index contributed by atoms with van der Waals surface area (Å²) in [5.41, 5.74) is 0.0864. The van der Waals surface area contributed by atoms with Gasteiger partial charge in [-0.3, -0.25) is 4.79 Å². The minimum absolute atomic E-state index is 0.0864. The normalized spacial score (nSPS) is 24.1. The summed E-state index contributed by atoms with van der Waals surface area (Å²) in [7, 11) is 0. The van der Waals surface area contributed by atoms with Crippen molar-refractivity contribution in [3.63, 3.8) is 0 Å². The molecule has 1 saturated carbocycles. The molecule has 0 saturated heterocycles. The Hall–Kier alpha value is -1.26. The molecule has 23 heavy (non-hydrogen) atoms. The standard InChI is InChI=1S/C17H21Cl2NO3/c1-10-5-3-8-14(11(10)2)20-15(21)9-23-17(22)16-12(18)6-4-7-13(16)19/h4,6-7,10-11,14H,3,5,8-9H2,1-2H3,(H,20,21)/t10-,11-,14-/m1/s1. The van der Waals surface area contributed by atoms with Crippen molar-refractivity contribution < 1.29 is 14.3 Å². The van der Waals surface area contributed by atoms with Gasteiger partial charge in [-0.2, -0.15) is 0 Å². The number of rotatable bonds is 4. The van der Waals surface area contributed by atoms with Gasteiger partial charge in [0.25, 0.3) is 5.91 Å². The third-order valence-electron chi connectivity index (χ3n) is 4.55. The molecular weight excluding hydrogens is 337 g/mol. The topological polar surface area (TPSA) is 55.4 Å². The molecule has 0 unspecified atom stereocenters. The highest BCUT2D eigenvalue weighted by Gasteiger charge is 2.28. The van der Waals surface area contributed by atoms with Crippen LogP contribution in [0.15, 0.2) is 18.2 Å². The zero-order valence-corrected chi connectivity index (χ0v) is 14.8. The summed E-state index contributed by atoms with van der Waals surface area (Å²) in [6, 6.07) is 4.87. The van der Waals surface area contributed by atoms with Crippen LogP contribution in [0, 0.1) is 11.8 Å². The number of benzene rings is 1. The average Bonchev–Trinajstić information content (AvgIpc) is 2.49. The molecule has 1 amide bonds. The smallest absolute Gasteiger partial charge is 0.341 e. The molecule has 1 aliphatic rings. The number of hydrogen-bond acceptors (Lipinski definition) is 3. The van der Waals surface area contributed by atoms with E-state index in [-0.39, 0.29) is 34.2 Å². The maximum absolute atomic E-state index is 12.0. The van der Waals surface area contributed by atoms with Crippen LogP contribution in [0.25, 0.3) is 0 Å². The molecule has 0 heterocycles. The van der Waals surface area contributed by atoms with Crippen molar-refractivity contribution in [3.8, 4) is 0 Å². The van der Waals surface area contributed by atoms with E-state index in [0.717, 1.165) is 12.8 Å². The van der Waals surface area contributed by atoms with Crippen LogP contribution < -0.4 is 5.32 Å². The second kappa shape index (κ2) is 8.02. The molecule has 0 radical (unpaired) electrons. The lowest BCUT2D eigenvalue weighted by Crippen LogP contribution is -2.45. The van der Waals surface area contributed by atoms with E-state index in [9.17, 15) is 9.59 Å². The number of hydrogen-bond donors (Lipinski definition) is 1. The van der Waals surface area contributed by atoms with Crippen LogP contribution in [0.3, 0.4) is 0 Å². The zero-order valence-electron chi connectivity index (χ0n) is 13.3. The molecule has 1 fully saturated rings. The summed E-state index contributed by atoms with van der Waals surface area (Å²) in [5, 5.41) is 3.37. The van der Waals surface area contributed by atoms with Gasteiger partial charge in [0.05, 0.1) is 15.6 Å². The molecule has 3 atom stereocenters. The van der Waals surface area contributed by atoms with E-state index in [1.807, 2.05) is 0 Å². The summed E-state index contributed by atoms with van der Waals surface area (Å²) in [4.78, 5) is 24.0. The van der Waals surface area contributed by atoms with E-state index in [4.69, 9.17) is 27.9 Å². The number of amides is 1. The van der Waals surface area contributed by atoms with E-state index in [1.54, 1.807) is 18.2 Å². The van der Waals surface area contributed by atoms with Crippen LogP contribution in [0.5, 0.6) is 0 Å². The molecule has 4 nitrogen and oxygen atoms in total. The second-order valence-electron chi connectivity index (χ2n) is 6.11. The van der Waals surface area contributed by atoms with E-state index in [0.29, 0.717) is 11.8 Å². The van der Waals surface area contributed by atoms with Crippen LogP contribution >= 0.6 is 23.2 Å². The highest BCUT2D eigenvalue weighted by Crippen LogP contribution is 2.29. The van der Waals surface area contributed by atoms with Crippen molar-refractivity contribution in [2.75, 3.05) is 6.61 Å². The predicted molar refractivity (Wildman–Crippen MR) is 90.9 cm³/mol. The lowest BCUT2D eigenvalue weighted by molar-refractivity contribution is -0.125. The molecule has 1 aromatic carbocycles. The first-order chi connectivity index (χ1) is 10.9. The maximum atomic E-state index is 12.0. The van der Waals surface area contributed by atoms with E-state index in [1.165, 1.54) is 6.42 Å². The Kier molecular flexibility index (Phi) is 6.31. The van der Waals surface area contributed by atoms with Gasteiger partial charge in [0, 0.05) is 6.04 Å². The van der Waals surface area contributed by atoms with Gasteiger partial charge in [-0.05, 0) is 30.4 Å². The van der Waals surface area contributed by atoms with Crippen molar-refractivity contribution in [1.82, 2.24) is 5.32 Å². The molecule has 1 aromatic rings. The number of ether oxygens (including phenoxy) is 1. The molecule has 6 heteroatoms. The molecule has 0 spiro atoms. The van der Waals surface area contributed by atoms with Gasteiger partial charge in [-0.15, -0.1) is 0 Å². The van der Waals surface area contributed by atoms with Crippen LogP contribution in [-0.2, 0) is 9.53 Å². The number of carbonyl (C=O) groups excluding carboxylic acids is 2. The lowest BCUT2D eigenvalue weighted by Gasteiger charge is -2.34. The number of carbonyl (C=O) groups is 2. The van der Waals surface area contributed by atoms with Gasteiger partial charge in [-0.1, -0.05) is 56.0 Å². The largest absolute Gasteiger partial charge is 0.452 e. The SMILES string of the molecule is C[C@@H]1[C@H](C)CCC[C@H]1NC(=O)COC(=O)c1c(Cl)cccc1Cl. The summed E-state index contributed by atoms with van der Waals surface area (Å²) in [5.74, 6) is 0.00762. The molecule has 1 aliphatic carbocycles. The zero-order chi connectivity index (χ0) is 17.0. The summed E-state index contributed by atoms with van der Waals surface area (Å²) in [6.07, 6.45) is 3.25. The molecule has 2 rings (SSSR count). The van der Waals surface area contributed by atoms with Gasteiger partial charge < -0.3 is 10.1 Å². The van der Waals surface area contributed by atoms with Crippen molar-refractivity contribution in [2.45, 2.75) is 39.2 Å². The van der Waals surface area contributed by atoms with E-state index < -0.39 is 5.97 Å². The maximum Gasteiger partial charge on any atom is 0.341 e. The van der Waals surface area contributed by atoms with Crippen LogP contribution in [0.1, 0.15) is 43.5 Å². The van der Waals surface area contributed by atoms with Gasteiger partial charge in [0.1, 0.15) is 0 Å². The predicted octanol–water partition coefficient (Wildman–Crippen LogP) is 4.09. The Morgan fingerprint density at radius 3 is 2.52 bits per heavy atom. The van der Waals surface area contributed by atoms with Gasteiger partial charge in [-0.25, -0.2) is 4.79 Å². The van der Waals surface area contributed by atoms with Gasteiger partial charge in [0.15, 0.2) is 6.61 Å². The fourth-order valence-electron chi connectivity index (χ4n) is 2.93. The summed E-state index contributed by atoms with van der Waals surface area (Å²) < 4.78 is 5.04. The number of nitrogens with one attached hydrogen (secondary N) is 1. The van der Waals surface area contributed by atoms with Crippen LogP contribution in [-0.4, -0.2) is 24.5 Å². The quantitative estimate of drug-likeness (QED) is 0.825. The molecular formula is C17H21Cl2NO3. The van der Waals surface area contributed by atoms with Crippen LogP contribution in [0.2, 0.25) is 10.0 Å². The molecule has 1 N–H and O–H groups in total. The Labute approximate surface area is 146 Å². The minimum Gasteiger partial charge on any atom is -0.452 e. The lowest BCUT2D eigenvalue weighted by atomic mass is 9.78. The van der Waals surface area contributed by atoms with Gasteiger partial charge >= 0.3 is 5.97 Å². The molecule has 0 aromatic heterocycles. The summed E-state index contributed by atoms with van der Waals surface area (Å²) in [6.45, 7) is 4.00. The minimum atomic E-state index is -0.694. The monoisotopic (exact) mass is 357 g/mol. The van der Waals surface area contributed by atoms with Gasteiger partial charge in [0.2, 0.25) is 0 Å². The van der Waals surface area contributed by atoms with Crippen molar-refractivity contribution >= 4 is 35.1 Å². The fourth-order valence-corrected chi connectivity index (χ4v) is 3.48. The van der Waals surface area contributed by atoms with Crippen LogP contribution in [0.4, 0.5) is 0 Å². The van der Waals surface area contributed by atoms with Crippen molar-refractivity contribution in [2.24, 2.45) is 11.8 Å². The third-order valence-corrected chi connectivity index (χ3v) is 5.18. The number of esters is 1. The van der Waals surface area contributed by atoms with Crippen molar-refractivity contribution in [1.29, 1.82) is 0 Å². The first-order valence-electron chi connectivity index (χ1n) is 7.80.